The quantitative estimate of drug-likeness (QED) is 0.412. The third kappa shape index (κ3) is 6.35. The first-order valence-electron chi connectivity index (χ1n) is 10.1. The zero-order valence-corrected chi connectivity index (χ0v) is 19.5. The minimum atomic E-state index is -1.70. The number of carbonyl (C=O) groups is 2. The SMILES string of the molecule is CC(C)C[C@H](NC(=O)C1(C(C)C)CC(CNC(=O)c2cc(Cl)ccc2Cl)=NO1)B(O)O. The molecule has 0 radical (unpaired) electrons. The number of nitrogens with zero attached hydrogens (tertiary/aromatic N) is 1. The average molecular weight is 472 g/mol. The number of nitrogens with one attached hydrogen (secondary N) is 2. The second kappa shape index (κ2) is 10.7. The van der Waals surface area contributed by atoms with Crippen molar-refractivity contribution in [1.29, 1.82) is 0 Å². The zero-order chi connectivity index (χ0) is 23.3. The van der Waals surface area contributed by atoms with E-state index in [0.29, 0.717) is 17.2 Å². The van der Waals surface area contributed by atoms with E-state index in [1.54, 1.807) is 6.07 Å². The fourth-order valence-electron chi connectivity index (χ4n) is 3.30. The van der Waals surface area contributed by atoms with E-state index < -0.39 is 30.5 Å². The van der Waals surface area contributed by atoms with Gasteiger partial charge in [0.1, 0.15) is 0 Å². The lowest BCUT2D eigenvalue weighted by atomic mass is 9.74. The van der Waals surface area contributed by atoms with Gasteiger partial charge in [0.2, 0.25) is 5.60 Å². The average Bonchev–Trinajstić information content (AvgIpc) is 3.13. The van der Waals surface area contributed by atoms with Crippen molar-refractivity contribution in [3.63, 3.8) is 0 Å². The van der Waals surface area contributed by atoms with Gasteiger partial charge >= 0.3 is 7.12 Å². The van der Waals surface area contributed by atoms with Gasteiger partial charge in [0.25, 0.3) is 11.8 Å². The number of rotatable bonds is 9. The first-order valence-corrected chi connectivity index (χ1v) is 10.9. The fourth-order valence-corrected chi connectivity index (χ4v) is 3.68. The molecule has 4 N–H and O–H groups in total. The lowest BCUT2D eigenvalue weighted by Gasteiger charge is -2.31. The summed E-state index contributed by atoms with van der Waals surface area (Å²) in [5, 5.41) is 29.3. The molecule has 1 aromatic carbocycles. The Morgan fingerprint density at radius 1 is 1.26 bits per heavy atom. The molecule has 31 heavy (non-hydrogen) atoms. The van der Waals surface area contributed by atoms with E-state index in [-0.39, 0.29) is 35.4 Å². The largest absolute Gasteiger partial charge is 0.475 e. The van der Waals surface area contributed by atoms with Crippen molar-refractivity contribution < 1.29 is 24.5 Å². The van der Waals surface area contributed by atoms with Crippen LogP contribution in [0.5, 0.6) is 0 Å². The van der Waals surface area contributed by atoms with E-state index in [9.17, 15) is 19.6 Å². The highest BCUT2D eigenvalue weighted by atomic mass is 35.5. The Kier molecular flexibility index (Phi) is 8.77. The predicted octanol–water partition coefficient (Wildman–Crippen LogP) is 2.44. The summed E-state index contributed by atoms with van der Waals surface area (Å²) in [5.41, 5.74) is -0.604. The van der Waals surface area contributed by atoms with Crippen molar-refractivity contribution in [2.45, 2.75) is 52.1 Å². The molecule has 0 bridgehead atoms. The summed E-state index contributed by atoms with van der Waals surface area (Å²) in [4.78, 5) is 31.0. The van der Waals surface area contributed by atoms with E-state index in [1.807, 2.05) is 27.7 Å². The van der Waals surface area contributed by atoms with Crippen molar-refractivity contribution in [2.24, 2.45) is 17.0 Å². The van der Waals surface area contributed by atoms with Crippen LogP contribution >= 0.6 is 23.2 Å². The molecule has 1 aliphatic rings. The van der Waals surface area contributed by atoms with E-state index in [0.717, 1.165) is 0 Å². The van der Waals surface area contributed by atoms with Crippen LogP contribution in [-0.4, -0.2) is 52.8 Å². The van der Waals surface area contributed by atoms with Crippen LogP contribution in [-0.2, 0) is 9.63 Å². The van der Waals surface area contributed by atoms with Gasteiger partial charge in [0.15, 0.2) is 0 Å². The number of halogens is 2. The van der Waals surface area contributed by atoms with Crippen LogP contribution in [0, 0.1) is 11.8 Å². The molecule has 2 amide bonds. The highest BCUT2D eigenvalue weighted by molar-refractivity contribution is 6.43. The maximum Gasteiger partial charge on any atom is 0.475 e. The lowest BCUT2D eigenvalue weighted by molar-refractivity contribution is -0.150. The summed E-state index contributed by atoms with van der Waals surface area (Å²) < 4.78 is 0. The minimum Gasteiger partial charge on any atom is -0.426 e. The topological polar surface area (TPSA) is 120 Å². The predicted molar refractivity (Wildman–Crippen MR) is 121 cm³/mol. The summed E-state index contributed by atoms with van der Waals surface area (Å²) in [7, 11) is -1.70. The van der Waals surface area contributed by atoms with E-state index in [2.05, 4.69) is 15.8 Å². The molecule has 0 saturated heterocycles. The number of hydrogen-bond acceptors (Lipinski definition) is 6. The molecule has 0 aliphatic carbocycles. The van der Waals surface area contributed by atoms with E-state index >= 15 is 0 Å². The van der Waals surface area contributed by atoms with Crippen LogP contribution in [0.4, 0.5) is 0 Å². The molecule has 8 nitrogen and oxygen atoms in total. The van der Waals surface area contributed by atoms with Gasteiger partial charge in [-0.3, -0.25) is 9.59 Å². The number of carbonyl (C=O) groups excluding carboxylic acids is 2. The summed E-state index contributed by atoms with van der Waals surface area (Å²) in [6.07, 6.45) is 0.539. The van der Waals surface area contributed by atoms with Gasteiger partial charge < -0.3 is 25.5 Å². The summed E-state index contributed by atoms with van der Waals surface area (Å²) in [6, 6.07) is 4.58. The van der Waals surface area contributed by atoms with Crippen LogP contribution in [0.25, 0.3) is 0 Å². The molecule has 170 valence electrons. The second-order valence-corrected chi connectivity index (χ2v) is 9.24. The highest BCUT2D eigenvalue weighted by Crippen LogP contribution is 2.32. The minimum absolute atomic E-state index is 0.0570. The van der Waals surface area contributed by atoms with Crippen LogP contribution in [0.3, 0.4) is 0 Å². The standard InChI is InChI=1S/C20H28BCl2N3O5/c1-11(2)7-17(21(29)30)25-19(28)20(12(3)4)9-14(26-31-20)10-24-18(27)15-8-13(22)5-6-16(15)23/h5-6,8,11-12,17,29-30H,7,9-10H2,1-4H3,(H,24,27)(H,25,28)/t17-,20?/m0/s1. The molecule has 1 aliphatic heterocycles. The van der Waals surface area contributed by atoms with Gasteiger partial charge in [0, 0.05) is 17.4 Å². The number of amides is 2. The van der Waals surface area contributed by atoms with Gasteiger partial charge in [-0.2, -0.15) is 0 Å². The molecule has 0 saturated carbocycles. The monoisotopic (exact) mass is 471 g/mol. The summed E-state index contributed by atoms with van der Waals surface area (Å²) >= 11 is 12.0. The molecule has 0 spiro atoms. The molecule has 1 aromatic rings. The Hall–Kier alpha value is -1.81. The van der Waals surface area contributed by atoms with Crippen LogP contribution in [0.15, 0.2) is 23.4 Å². The van der Waals surface area contributed by atoms with Crippen LogP contribution in [0.2, 0.25) is 10.0 Å². The molecule has 11 heteroatoms. The van der Waals surface area contributed by atoms with E-state index in [1.165, 1.54) is 12.1 Å². The third-order valence-corrected chi connectivity index (χ3v) is 5.71. The summed E-state index contributed by atoms with van der Waals surface area (Å²) in [6.45, 7) is 7.52. The van der Waals surface area contributed by atoms with E-state index in [4.69, 9.17) is 28.0 Å². The Bertz CT molecular complexity index is 850. The molecule has 0 fully saturated rings. The first kappa shape index (κ1) is 25.5. The van der Waals surface area contributed by atoms with Crippen molar-refractivity contribution >= 4 is 47.8 Å². The molecular formula is C20H28BCl2N3O5. The number of oxime groups is 1. The van der Waals surface area contributed by atoms with Gasteiger partial charge in [-0.05, 0) is 30.5 Å². The van der Waals surface area contributed by atoms with Gasteiger partial charge in [0.05, 0.1) is 28.8 Å². The highest BCUT2D eigenvalue weighted by Gasteiger charge is 2.50. The molecule has 1 unspecified atom stereocenters. The smallest absolute Gasteiger partial charge is 0.426 e. The van der Waals surface area contributed by atoms with Gasteiger partial charge in [-0.25, -0.2) is 0 Å². The summed E-state index contributed by atoms with van der Waals surface area (Å²) in [5.74, 6) is -1.86. The van der Waals surface area contributed by atoms with Crippen LogP contribution in [0.1, 0.15) is 50.9 Å². The molecular weight excluding hydrogens is 444 g/mol. The fraction of sp³-hybridized carbons (Fsp3) is 0.550. The molecule has 1 heterocycles. The maximum absolute atomic E-state index is 13.0. The van der Waals surface area contributed by atoms with Crippen molar-refractivity contribution in [1.82, 2.24) is 10.6 Å². The van der Waals surface area contributed by atoms with Crippen molar-refractivity contribution in [2.75, 3.05) is 6.54 Å². The lowest BCUT2D eigenvalue weighted by Crippen LogP contribution is -2.57. The zero-order valence-electron chi connectivity index (χ0n) is 18.0. The Morgan fingerprint density at radius 3 is 2.52 bits per heavy atom. The maximum atomic E-state index is 13.0. The Labute approximate surface area is 192 Å². The van der Waals surface area contributed by atoms with Gasteiger partial charge in [-0.1, -0.05) is 56.1 Å². The van der Waals surface area contributed by atoms with Crippen LogP contribution < -0.4 is 10.6 Å². The molecule has 2 atom stereocenters. The number of hydrogen-bond donors (Lipinski definition) is 4. The molecule has 0 aromatic heterocycles. The normalized spacial score (nSPS) is 19.1. The number of benzene rings is 1. The van der Waals surface area contributed by atoms with Gasteiger partial charge in [-0.15, -0.1) is 0 Å². The second-order valence-electron chi connectivity index (χ2n) is 8.40. The third-order valence-electron chi connectivity index (χ3n) is 5.15. The first-order chi connectivity index (χ1) is 14.5. The Morgan fingerprint density at radius 2 is 1.94 bits per heavy atom. The molecule has 2 rings (SSSR count). The van der Waals surface area contributed by atoms with Crippen molar-refractivity contribution in [3.8, 4) is 0 Å². The van der Waals surface area contributed by atoms with Crippen molar-refractivity contribution in [3.05, 3.63) is 33.8 Å². The Balaban J connectivity index is 2.05.